The van der Waals surface area contributed by atoms with Gasteiger partial charge in [-0.05, 0) is 66.4 Å². The molecular weight excluding hydrogens is 394 g/mol. The molecule has 1 heterocycles. The molecule has 1 amide bonds. The Bertz CT molecular complexity index is 1150. The molecule has 1 N–H and O–H groups in total. The fourth-order valence-corrected chi connectivity index (χ4v) is 4.02. The molecule has 158 valence electrons. The monoisotopic (exact) mass is 417 g/mol. The zero-order valence-electron chi connectivity index (χ0n) is 17.4. The predicted octanol–water partition coefficient (Wildman–Crippen LogP) is 4.77. The van der Waals surface area contributed by atoms with Gasteiger partial charge in [0.05, 0.1) is 19.6 Å². The van der Waals surface area contributed by atoms with Crippen LogP contribution in [0.1, 0.15) is 18.4 Å². The molecule has 0 atom stereocenters. The van der Waals surface area contributed by atoms with Crippen molar-refractivity contribution in [3.05, 3.63) is 66.2 Å². The van der Waals surface area contributed by atoms with Crippen molar-refractivity contribution in [2.24, 2.45) is 0 Å². The number of ether oxygens (including phenoxy) is 4. The summed E-state index contributed by atoms with van der Waals surface area (Å²) in [5.74, 6) is 2.88. The number of nitrogens with one attached hydrogen (secondary N) is 1. The zero-order valence-corrected chi connectivity index (χ0v) is 17.4. The lowest BCUT2D eigenvalue weighted by molar-refractivity contribution is -0.118. The first-order chi connectivity index (χ1) is 15.1. The van der Waals surface area contributed by atoms with Gasteiger partial charge in [0.1, 0.15) is 11.5 Å². The molecule has 1 aliphatic heterocycles. The second kappa shape index (κ2) is 7.54. The van der Waals surface area contributed by atoms with Crippen LogP contribution >= 0.6 is 0 Å². The average Bonchev–Trinajstić information content (AvgIpc) is 3.50. The van der Waals surface area contributed by atoms with Crippen LogP contribution in [0.15, 0.2) is 60.7 Å². The van der Waals surface area contributed by atoms with Crippen LogP contribution in [0.2, 0.25) is 0 Å². The molecule has 0 bridgehead atoms. The van der Waals surface area contributed by atoms with E-state index in [0.717, 1.165) is 52.5 Å². The number of carbonyl (C=O) groups is 1. The van der Waals surface area contributed by atoms with Crippen molar-refractivity contribution >= 4 is 11.6 Å². The van der Waals surface area contributed by atoms with E-state index in [-0.39, 0.29) is 12.7 Å². The van der Waals surface area contributed by atoms with Gasteiger partial charge in [-0.15, -0.1) is 0 Å². The summed E-state index contributed by atoms with van der Waals surface area (Å²) in [7, 11) is 3.27. The molecule has 6 heteroatoms. The largest absolute Gasteiger partial charge is 0.497 e. The molecule has 0 saturated heterocycles. The third-order valence-corrected chi connectivity index (χ3v) is 5.95. The van der Waals surface area contributed by atoms with Crippen LogP contribution in [0.5, 0.6) is 23.0 Å². The van der Waals surface area contributed by atoms with E-state index in [2.05, 4.69) is 5.32 Å². The van der Waals surface area contributed by atoms with E-state index in [1.807, 2.05) is 60.7 Å². The third-order valence-electron chi connectivity index (χ3n) is 5.95. The van der Waals surface area contributed by atoms with Gasteiger partial charge < -0.3 is 24.3 Å². The molecule has 1 fully saturated rings. The minimum absolute atomic E-state index is 0.0203. The molecule has 5 rings (SSSR count). The summed E-state index contributed by atoms with van der Waals surface area (Å²) < 4.78 is 21.8. The average molecular weight is 417 g/mol. The number of rotatable bonds is 6. The Balaban J connectivity index is 1.43. The van der Waals surface area contributed by atoms with Gasteiger partial charge in [-0.25, -0.2) is 0 Å². The van der Waals surface area contributed by atoms with Crippen molar-refractivity contribution in [1.29, 1.82) is 0 Å². The molecule has 1 aliphatic carbocycles. The van der Waals surface area contributed by atoms with Crippen molar-refractivity contribution in [3.8, 4) is 34.1 Å². The number of anilines is 1. The van der Waals surface area contributed by atoms with Crippen LogP contribution in [0.4, 0.5) is 5.69 Å². The summed E-state index contributed by atoms with van der Waals surface area (Å²) in [5, 5.41) is 3.10. The van der Waals surface area contributed by atoms with Crippen LogP contribution < -0.4 is 24.3 Å². The highest BCUT2D eigenvalue weighted by Gasteiger charge is 2.51. The van der Waals surface area contributed by atoms with Gasteiger partial charge in [-0.3, -0.25) is 4.79 Å². The molecule has 0 unspecified atom stereocenters. The minimum atomic E-state index is -0.531. The van der Waals surface area contributed by atoms with Crippen LogP contribution in [0, 0.1) is 0 Å². The third kappa shape index (κ3) is 3.44. The second-order valence-corrected chi connectivity index (χ2v) is 7.75. The maximum atomic E-state index is 13.3. The maximum absolute atomic E-state index is 13.3. The number of amides is 1. The van der Waals surface area contributed by atoms with Gasteiger partial charge in [0, 0.05) is 11.3 Å². The Morgan fingerprint density at radius 1 is 0.935 bits per heavy atom. The fraction of sp³-hybridized carbons (Fsp3) is 0.240. The van der Waals surface area contributed by atoms with Crippen molar-refractivity contribution in [1.82, 2.24) is 0 Å². The molecule has 6 nitrogen and oxygen atoms in total. The highest BCUT2D eigenvalue weighted by atomic mass is 16.7. The van der Waals surface area contributed by atoms with E-state index in [4.69, 9.17) is 18.9 Å². The summed E-state index contributed by atoms with van der Waals surface area (Å²) in [5.41, 5.74) is 2.97. The van der Waals surface area contributed by atoms with Crippen molar-refractivity contribution < 1.29 is 23.7 Å². The van der Waals surface area contributed by atoms with E-state index in [9.17, 15) is 4.79 Å². The Kier molecular flexibility index (Phi) is 4.70. The van der Waals surface area contributed by atoms with E-state index in [1.165, 1.54) is 0 Å². The molecule has 0 aromatic heterocycles. The molecule has 1 saturated carbocycles. The minimum Gasteiger partial charge on any atom is -0.497 e. The van der Waals surface area contributed by atoms with Crippen LogP contribution in [0.3, 0.4) is 0 Å². The van der Waals surface area contributed by atoms with E-state index < -0.39 is 5.41 Å². The lowest BCUT2D eigenvalue weighted by atomic mass is 9.94. The molecule has 0 radical (unpaired) electrons. The lowest BCUT2D eigenvalue weighted by Gasteiger charge is -2.18. The van der Waals surface area contributed by atoms with Crippen molar-refractivity contribution in [2.45, 2.75) is 18.3 Å². The van der Waals surface area contributed by atoms with Gasteiger partial charge in [-0.2, -0.15) is 0 Å². The first-order valence-corrected chi connectivity index (χ1v) is 10.2. The standard InChI is InChI=1S/C25H23NO5/c1-28-19-5-3-4-16(12-19)20-14-18(7-9-21(20)29-2)26-24(27)25(10-11-25)17-6-8-22-23(13-17)31-15-30-22/h3-9,12-14H,10-11,15H2,1-2H3,(H,26,27). The highest BCUT2D eigenvalue weighted by molar-refractivity contribution is 6.02. The summed E-state index contributed by atoms with van der Waals surface area (Å²) >= 11 is 0. The van der Waals surface area contributed by atoms with Crippen LogP contribution in [0.25, 0.3) is 11.1 Å². The Labute approximate surface area is 180 Å². The normalized spacial score (nSPS) is 15.3. The molecule has 0 spiro atoms. The van der Waals surface area contributed by atoms with Gasteiger partial charge in [0.2, 0.25) is 12.7 Å². The second-order valence-electron chi connectivity index (χ2n) is 7.75. The summed E-state index contributed by atoms with van der Waals surface area (Å²) in [6.45, 7) is 0.219. The number of carbonyl (C=O) groups excluding carboxylic acids is 1. The summed E-state index contributed by atoms with van der Waals surface area (Å²) in [6, 6.07) is 19.2. The number of hydrogen-bond acceptors (Lipinski definition) is 5. The first kappa shape index (κ1) is 19.3. The number of fused-ring (bicyclic) bond motifs is 1. The van der Waals surface area contributed by atoms with Crippen LogP contribution in [-0.4, -0.2) is 26.9 Å². The Hall–Kier alpha value is -3.67. The molecule has 31 heavy (non-hydrogen) atoms. The quantitative estimate of drug-likeness (QED) is 0.626. The molecule has 3 aromatic rings. The Morgan fingerprint density at radius 3 is 2.55 bits per heavy atom. The van der Waals surface area contributed by atoms with Gasteiger partial charge in [0.25, 0.3) is 0 Å². The van der Waals surface area contributed by atoms with E-state index >= 15 is 0 Å². The number of hydrogen-bond donors (Lipinski definition) is 1. The van der Waals surface area contributed by atoms with Crippen molar-refractivity contribution in [3.63, 3.8) is 0 Å². The van der Waals surface area contributed by atoms with Crippen LogP contribution in [-0.2, 0) is 10.2 Å². The fourth-order valence-electron chi connectivity index (χ4n) is 4.02. The van der Waals surface area contributed by atoms with Gasteiger partial charge in [0.15, 0.2) is 11.5 Å². The lowest BCUT2D eigenvalue weighted by Crippen LogP contribution is -2.27. The summed E-state index contributed by atoms with van der Waals surface area (Å²) in [6.07, 6.45) is 1.61. The molecular formula is C25H23NO5. The molecule has 3 aromatic carbocycles. The van der Waals surface area contributed by atoms with Crippen molar-refractivity contribution in [2.75, 3.05) is 26.3 Å². The van der Waals surface area contributed by atoms with E-state index in [1.54, 1.807) is 14.2 Å². The SMILES string of the molecule is COc1cccc(-c2cc(NC(=O)C3(c4ccc5c(c4)OCO5)CC3)ccc2OC)c1. The number of methoxy groups -OCH3 is 2. The molecule has 2 aliphatic rings. The predicted molar refractivity (Wildman–Crippen MR) is 117 cm³/mol. The van der Waals surface area contributed by atoms with Gasteiger partial charge in [-0.1, -0.05) is 18.2 Å². The zero-order chi connectivity index (χ0) is 21.4. The van der Waals surface area contributed by atoms with E-state index in [0.29, 0.717) is 5.75 Å². The highest BCUT2D eigenvalue weighted by Crippen LogP contribution is 2.51. The topological polar surface area (TPSA) is 66.0 Å². The Morgan fingerprint density at radius 2 is 1.77 bits per heavy atom. The van der Waals surface area contributed by atoms with Gasteiger partial charge >= 0.3 is 0 Å². The maximum Gasteiger partial charge on any atom is 0.235 e. The smallest absolute Gasteiger partial charge is 0.235 e. The number of benzene rings is 3. The first-order valence-electron chi connectivity index (χ1n) is 10.2. The summed E-state index contributed by atoms with van der Waals surface area (Å²) in [4.78, 5) is 13.3.